The van der Waals surface area contributed by atoms with E-state index in [1.165, 1.54) is 11.1 Å². The van der Waals surface area contributed by atoms with Crippen LogP contribution in [0, 0.1) is 13.8 Å². The molecule has 0 radical (unpaired) electrons. The minimum absolute atomic E-state index is 0.0241. The van der Waals surface area contributed by atoms with E-state index in [1.807, 2.05) is 19.1 Å². The molecule has 104 valence electrons. The summed E-state index contributed by atoms with van der Waals surface area (Å²) in [6, 6.07) is 13.7. The maximum absolute atomic E-state index is 11.9. The summed E-state index contributed by atoms with van der Waals surface area (Å²) in [7, 11) is 0. The monoisotopic (exact) mass is 287 g/mol. The maximum atomic E-state index is 11.9. The highest BCUT2D eigenvalue weighted by Gasteiger charge is 2.05. The second-order valence-corrected chi connectivity index (χ2v) is 5.43. The maximum Gasteiger partial charge on any atom is 0.224 e. The van der Waals surface area contributed by atoms with Gasteiger partial charge >= 0.3 is 0 Å². The number of halogens is 1. The summed E-state index contributed by atoms with van der Waals surface area (Å²) in [5.74, 6) is 0.0241. The first-order chi connectivity index (χ1) is 9.54. The first kappa shape index (κ1) is 14.6. The number of carbonyl (C=O) groups excluding carboxylic acids is 1. The van der Waals surface area contributed by atoms with Crippen LogP contribution in [0.25, 0.3) is 0 Å². The van der Waals surface area contributed by atoms with Gasteiger partial charge in [0.1, 0.15) is 0 Å². The average molecular weight is 288 g/mol. The van der Waals surface area contributed by atoms with Gasteiger partial charge in [-0.1, -0.05) is 41.4 Å². The Balaban J connectivity index is 1.90. The Hall–Kier alpha value is -1.80. The van der Waals surface area contributed by atoms with Crippen molar-refractivity contribution in [3.63, 3.8) is 0 Å². The predicted molar refractivity (Wildman–Crippen MR) is 84.3 cm³/mol. The molecule has 0 bridgehead atoms. The Bertz CT molecular complexity index is 605. The molecule has 2 nitrogen and oxygen atoms in total. The van der Waals surface area contributed by atoms with Gasteiger partial charge < -0.3 is 5.32 Å². The van der Waals surface area contributed by atoms with Crippen molar-refractivity contribution in [2.24, 2.45) is 0 Å². The molecule has 2 aromatic carbocycles. The molecule has 0 fully saturated rings. The largest absolute Gasteiger partial charge is 0.326 e. The number of anilines is 1. The Morgan fingerprint density at radius 1 is 1.10 bits per heavy atom. The van der Waals surface area contributed by atoms with Crippen molar-refractivity contribution >= 4 is 23.2 Å². The third-order valence-electron chi connectivity index (χ3n) is 3.22. The zero-order valence-electron chi connectivity index (χ0n) is 11.7. The zero-order valence-corrected chi connectivity index (χ0v) is 12.5. The molecule has 0 saturated heterocycles. The van der Waals surface area contributed by atoms with Gasteiger partial charge in [-0.15, -0.1) is 0 Å². The van der Waals surface area contributed by atoms with Crippen LogP contribution in [-0.2, 0) is 11.2 Å². The van der Waals surface area contributed by atoms with E-state index < -0.39 is 0 Å². The van der Waals surface area contributed by atoms with Gasteiger partial charge in [-0.2, -0.15) is 0 Å². The molecule has 0 saturated carbocycles. The molecule has 20 heavy (non-hydrogen) atoms. The molecular formula is C17H18ClNO. The first-order valence-electron chi connectivity index (χ1n) is 6.66. The lowest BCUT2D eigenvalue weighted by Gasteiger charge is -2.08. The van der Waals surface area contributed by atoms with Crippen LogP contribution >= 0.6 is 11.6 Å². The van der Waals surface area contributed by atoms with Gasteiger partial charge in [0.05, 0.1) is 0 Å². The fourth-order valence-corrected chi connectivity index (χ4v) is 2.22. The molecule has 0 aliphatic carbocycles. The van der Waals surface area contributed by atoms with Crippen LogP contribution < -0.4 is 5.32 Å². The van der Waals surface area contributed by atoms with Crippen molar-refractivity contribution in [3.8, 4) is 0 Å². The summed E-state index contributed by atoms with van der Waals surface area (Å²) in [6.45, 7) is 3.99. The summed E-state index contributed by atoms with van der Waals surface area (Å²) in [6.07, 6.45) is 1.23. The number of amides is 1. The van der Waals surface area contributed by atoms with Gasteiger partial charge in [0.2, 0.25) is 5.91 Å². The van der Waals surface area contributed by atoms with Crippen molar-refractivity contribution in [1.82, 2.24) is 0 Å². The molecule has 0 unspecified atom stereocenters. The van der Waals surface area contributed by atoms with E-state index in [-0.39, 0.29) is 5.91 Å². The molecule has 2 rings (SSSR count). The third kappa shape index (κ3) is 4.10. The van der Waals surface area contributed by atoms with Crippen molar-refractivity contribution in [2.75, 3.05) is 5.32 Å². The topological polar surface area (TPSA) is 29.1 Å². The summed E-state index contributed by atoms with van der Waals surface area (Å²) < 4.78 is 0. The second-order valence-electron chi connectivity index (χ2n) is 4.99. The Morgan fingerprint density at radius 3 is 2.45 bits per heavy atom. The van der Waals surface area contributed by atoms with Gasteiger partial charge in [0.25, 0.3) is 0 Å². The molecule has 2 aromatic rings. The van der Waals surface area contributed by atoms with E-state index in [0.29, 0.717) is 11.4 Å². The van der Waals surface area contributed by atoms with E-state index >= 15 is 0 Å². The lowest BCUT2D eigenvalue weighted by Crippen LogP contribution is -2.13. The minimum Gasteiger partial charge on any atom is -0.326 e. The van der Waals surface area contributed by atoms with Crippen LogP contribution in [0.4, 0.5) is 5.69 Å². The Labute approximate surface area is 124 Å². The van der Waals surface area contributed by atoms with Gasteiger partial charge in [0.15, 0.2) is 0 Å². The van der Waals surface area contributed by atoms with Crippen LogP contribution in [0.2, 0.25) is 5.02 Å². The molecular weight excluding hydrogens is 270 g/mol. The highest BCUT2D eigenvalue weighted by Crippen LogP contribution is 2.19. The first-order valence-corrected chi connectivity index (χ1v) is 7.04. The predicted octanol–water partition coefficient (Wildman–Crippen LogP) is 4.53. The summed E-state index contributed by atoms with van der Waals surface area (Å²) in [4.78, 5) is 11.9. The quantitative estimate of drug-likeness (QED) is 0.879. The highest BCUT2D eigenvalue weighted by atomic mass is 35.5. The van der Waals surface area contributed by atoms with Crippen LogP contribution in [0.3, 0.4) is 0 Å². The van der Waals surface area contributed by atoms with E-state index in [0.717, 1.165) is 17.7 Å². The van der Waals surface area contributed by atoms with Crippen LogP contribution in [-0.4, -0.2) is 5.91 Å². The fourth-order valence-electron chi connectivity index (χ4n) is 1.99. The summed E-state index contributed by atoms with van der Waals surface area (Å²) >= 11 is 5.89. The number of carbonyl (C=O) groups is 1. The number of rotatable bonds is 4. The fraction of sp³-hybridized carbons (Fsp3) is 0.235. The summed E-state index contributed by atoms with van der Waals surface area (Å²) in [5.41, 5.74) is 4.21. The van der Waals surface area contributed by atoms with Gasteiger partial charge in [0, 0.05) is 17.1 Å². The van der Waals surface area contributed by atoms with Gasteiger partial charge in [-0.05, 0) is 49.6 Å². The minimum atomic E-state index is 0.0241. The summed E-state index contributed by atoms with van der Waals surface area (Å²) in [5, 5.41) is 3.60. The second kappa shape index (κ2) is 6.58. The van der Waals surface area contributed by atoms with E-state index in [4.69, 9.17) is 11.6 Å². The smallest absolute Gasteiger partial charge is 0.224 e. The Morgan fingerprint density at radius 2 is 1.80 bits per heavy atom. The third-order valence-corrected chi connectivity index (χ3v) is 3.46. The van der Waals surface area contributed by atoms with Crippen LogP contribution in [0.5, 0.6) is 0 Å². The molecule has 3 heteroatoms. The molecule has 0 aliphatic rings. The highest BCUT2D eigenvalue weighted by molar-refractivity contribution is 6.30. The lowest BCUT2D eigenvalue weighted by molar-refractivity contribution is -0.116. The number of aryl methyl sites for hydroxylation is 3. The number of nitrogens with one attached hydrogen (secondary N) is 1. The number of hydrogen-bond acceptors (Lipinski definition) is 1. The lowest BCUT2D eigenvalue weighted by atomic mass is 10.1. The number of hydrogen-bond donors (Lipinski definition) is 1. The van der Waals surface area contributed by atoms with Crippen molar-refractivity contribution in [3.05, 3.63) is 64.2 Å². The normalized spacial score (nSPS) is 10.3. The van der Waals surface area contributed by atoms with Crippen molar-refractivity contribution in [2.45, 2.75) is 26.7 Å². The van der Waals surface area contributed by atoms with E-state index in [9.17, 15) is 4.79 Å². The average Bonchev–Trinajstić information content (AvgIpc) is 2.41. The van der Waals surface area contributed by atoms with Gasteiger partial charge in [-0.3, -0.25) is 4.79 Å². The Kier molecular flexibility index (Phi) is 4.80. The van der Waals surface area contributed by atoms with E-state index in [2.05, 4.69) is 36.5 Å². The molecule has 0 heterocycles. The molecule has 1 N–H and O–H groups in total. The molecule has 0 aromatic heterocycles. The van der Waals surface area contributed by atoms with Gasteiger partial charge in [-0.25, -0.2) is 0 Å². The SMILES string of the molecule is Cc1ccc(CCC(=O)Nc2ccc(Cl)cc2C)cc1. The standard InChI is InChI=1S/C17H18ClNO/c1-12-3-5-14(6-4-12)7-10-17(20)19-16-9-8-15(18)11-13(16)2/h3-6,8-9,11H,7,10H2,1-2H3,(H,19,20). The van der Waals surface area contributed by atoms with E-state index in [1.54, 1.807) is 6.07 Å². The zero-order chi connectivity index (χ0) is 14.5. The van der Waals surface area contributed by atoms with Crippen molar-refractivity contribution < 1.29 is 4.79 Å². The molecule has 0 aliphatic heterocycles. The van der Waals surface area contributed by atoms with Crippen LogP contribution in [0.1, 0.15) is 23.1 Å². The molecule has 1 amide bonds. The number of benzene rings is 2. The molecule has 0 spiro atoms. The van der Waals surface area contributed by atoms with Crippen LogP contribution in [0.15, 0.2) is 42.5 Å². The van der Waals surface area contributed by atoms with Crippen molar-refractivity contribution in [1.29, 1.82) is 0 Å². The molecule has 0 atom stereocenters.